The second-order valence-electron chi connectivity index (χ2n) is 7.74. The molecule has 11 heteroatoms. The summed E-state index contributed by atoms with van der Waals surface area (Å²) in [6.07, 6.45) is 0.394. The number of hydrogen-bond donors (Lipinski definition) is 0. The van der Waals surface area contributed by atoms with Crippen LogP contribution in [0.15, 0.2) is 47.4 Å². The number of methoxy groups -OCH3 is 1. The molecular formula is C23H25N3O7S. The largest absolute Gasteiger partial charge is 0.465 e. The van der Waals surface area contributed by atoms with Crippen LogP contribution in [-0.2, 0) is 37.8 Å². The van der Waals surface area contributed by atoms with Gasteiger partial charge in [0.05, 0.1) is 48.2 Å². The molecule has 34 heavy (non-hydrogen) atoms. The van der Waals surface area contributed by atoms with Gasteiger partial charge in [-0.2, -0.15) is 4.31 Å². The number of aryl methyl sites for hydroxylation is 2. The number of fused-ring (bicyclic) bond motifs is 1. The molecule has 1 aliphatic heterocycles. The Hall–Kier alpha value is -3.28. The molecule has 0 aliphatic carbocycles. The lowest BCUT2D eigenvalue weighted by molar-refractivity contribution is -0.134. The fourth-order valence-electron chi connectivity index (χ4n) is 3.72. The predicted molar refractivity (Wildman–Crippen MR) is 122 cm³/mol. The van der Waals surface area contributed by atoms with Crippen molar-refractivity contribution in [3.8, 4) is 5.75 Å². The summed E-state index contributed by atoms with van der Waals surface area (Å²) in [4.78, 5) is 28.5. The van der Waals surface area contributed by atoms with E-state index < -0.39 is 22.0 Å². The molecule has 2 aromatic carbocycles. The van der Waals surface area contributed by atoms with Gasteiger partial charge in [0, 0.05) is 26.6 Å². The van der Waals surface area contributed by atoms with Crippen LogP contribution in [0.1, 0.15) is 22.6 Å². The average molecular weight is 488 g/mol. The van der Waals surface area contributed by atoms with E-state index in [-0.39, 0.29) is 11.3 Å². The molecule has 1 aliphatic rings. The molecule has 2 heterocycles. The standard InChI is InChI=1S/C23H25N3O7S/c1-25-20-8-7-18(34(29,30)26-11-13-32-14-12-26)15-19(20)24-21(25)9-10-22(27)33-17-5-3-16(4-6-17)23(28)31-2/h3-8,15H,9-14H2,1-2H3. The van der Waals surface area contributed by atoms with E-state index >= 15 is 0 Å². The maximum atomic E-state index is 12.9. The van der Waals surface area contributed by atoms with Gasteiger partial charge >= 0.3 is 11.9 Å². The highest BCUT2D eigenvalue weighted by atomic mass is 32.2. The Balaban J connectivity index is 1.43. The number of carbonyl (C=O) groups excluding carboxylic acids is 2. The molecule has 0 amide bonds. The highest BCUT2D eigenvalue weighted by Crippen LogP contribution is 2.23. The number of rotatable bonds is 7. The van der Waals surface area contributed by atoms with Crippen LogP contribution < -0.4 is 4.74 Å². The van der Waals surface area contributed by atoms with E-state index in [1.54, 1.807) is 18.2 Å². The molecule has 1 fully saturated rings. The summed E-state index contributed by atoms with van der Waals surface area (Å²) in [5.74, 6) is 0.0311. The molecule has 0 bridgehead atoms. The predicted octanol–water partition coefficient (Wildman–Crippen LogP) is 1.92. The minimum absolute atomic E-state index is 0.0782. The van der Waals surface area contributed by atoms with Gasteiger partial charge in [0.1, 0.15) is 11.6 Å². The minimum Gasteiger partial charge on any atom is -0.465 e. The Morgan fingerprint density at radius 1 is 1.09 bits per heavy atom. The third-order valence-electron chi connectivity index (χ3n) is 5.61. The van der Waals surface area contributed by atoms with E-state index in [1.165, 1.54) is 35.7 Å². The van der Waals surface area contributed by atoms with Crippen molar-refractivity contribution in [1.29, 1.82) is 0 Å². The molecule has 3 aromatic rings. The number of carbonyl (C=O) groups is 2. The minimum atomic E-state index is -3.63. The van der Waals surface area contributed by atoms with Crippen molar-refractivity contribution in [2.24, 2.45) is 7.05 Å². The zero-order chi connectivity index (χ0) is 24.3. The molecule has 0 N–H and O–H groups in total. The average Bonchev–Trinajstić information content (AvgIpc) is 3.18. The monoisotopic (exact) mass is 487 g/mol. The van der Waals surface area contributed by atoms with Gasteiger partial charge in [0.15, 0.2) is 0 Å². The van der Waals surface area contributed by atoms with Crippen molar-refractivity contribution in [2.75, 3.05) is 33.4 Å². The number of sulfonamides is 1. The summed E-state index contributed by atoms with van der Waals surface area (Å²) in [5.41, 5.74) is 1.67. The number of aromatic nitrogens is 2. The Labute approximate surface area is 197 Å². The number of esters is 2. The first-order chi connectivity index (χ1) is 16.3. The maximum Gasteiger partial charge on any atom is 0.337 e. The highest BCUT2D eigenvalue weighted by molar-refractivity contribution is 7.89. The van der Waals surface area contributed by atoms with Crippen LogP contribution in [0.3, 0.4) is 0 Å². The number of morpholine rings is 1. The smallest absolute Gasteiger partial charge is 0.337 e. The molecule has 4 rings (SSSR count). The third-order valence-corrected chi connectivity index (χ3v) is 7.51. The van der Waals surface area contributed by atoms with E-state index in [2.05, 4.69) is 9.72 Å². The van der Waals surface area contributed by atoms with Gasteiger partial charge in [0.2, 0.25) is 10.0 Å². The molecular weight excluding hydrogens is 462 g/mol. The molecule has 1 aromatic heterocycles. The summed E-state index contributed by atoms with van der Waals surface area (Å²) in [5, 5.41) is 0. The zero-order valence-electron chi connectivity index (χ0n) is 18.9. The molecule has 10 nitrogen and oxygen atoms in total. The summed E-state index contributed by atoms with van der Waals surface area (Å²) >= 11 is 0. The van der Waals surface area contributed by atoms with E-state index in [4.69, 9.17) is 9.47 Å². The van der Waals surface area contributed by atoms with E-state index in [0.717, 1.165) is 5.52 Å². The van der Waals surface area contributed by atoms with Crippen LogP contribution in [0.25, 0.3) is 11.0 Å². The maximum absolute atomic E-state index is 12.9. The molecule has 180 valence electrons. The first-order valence-corrected chi connectivity index (χ1v) is 12.2. The summed E-state index contributed by atoms with van der Waals surface area (Å²) in [7, 11) is -0.517. The summed E-state index contributed by atoms with van der Waals surface area (Å²) in [6.45, 7) is 1.39. The number of imidazole rings is 1. The van der Waals surface area contributed by atoms with Crippen LogP contribution in [0, 0.1) is 0 Å². The molecule has 0 saturated carbocycles. The van der Waals surface area contributed by atoms with Gasteiger partial charge in [-0.1, -0.05) is 0 Å². The van der Waals surface area contributed by atoms with Crippen LogP contribution >= 0.6 is 0 Å². The Bertz CT molecular complexity index is 1310. The van der Waals surface area contributed by atoms with Crippen LogP contribution in [0.4, 0.5) is 0 Å². The van der Waals surface area contributed by atoms with Crippen molar-refractivity contribution in [2.45, 2.75) is 17.7 Å². The van der Waals surface area contributed by atoms with Crippen molar-refractivity contribution in [3.63, 3.8) is 0 Å². The first-order valence-electron chi connectivity index (χ1n) is 10.7. The van der Waals surface area contributed by atoms with Gasteiger partial charge in [-0.3, -0.25) is 4.79 Å². The van der Waals surface area contributed by atoms with E-state index in [1.807, 2.05) is 11.6 Å². The fraction of sp³-hybridized carbons (Fsp3) is 0.348. The molecule has 1 saturated heterocycles. The van der Waals surface area contributed by atoms with Gasteiger partial charge in [-0.15, -0.1) is 0 Å². The molecule has 0 spiro atoms. The SMILES string of the molecule is COC(=O)c1ccc(OC(=O)CCc2nc3cc(S(=O)(=O)N4CCOCC4)ccc3n2C)cc1. The first kappa shape index (κ1) is 23.9. The van der Waals surface area contributed by atoms with Crippen LogP contribution in [0.5, 0.6) is 5.75 Å². The lowest BCUT2D eigenvalue weighted by Gasteiger charge is -2.26. The summed E-state index contributed by atoms with van der Waals surface area (Å²) in [6, 6.07) is 10.9. The van der Waals surface area contributed by atoms with Crippen LogP contribution in [0.2, 0.25) is 0 Å². The van der Waals surface area contributed by atoms with Gasteiger partial charge in [0.25, 0.3) is 0 Å². The molecule has 0 unspecified atom stereocenters. The van der Waals surface area contributed by atoms with E-state index in [9.17, 15) is 18.0 Å². The van der Waals surface area contributed by atoms with Crippen LogP contribution in [-0.4, -0.2) is 67.6 Å². The Morgan fingerprint density at radius 2 is 1.79 bits per heavy atom. The molecule has 0 radical (unpaired) electrons. The second kappa shape index (κ2) is 9.92. The lowest BCUT2D eigenvalue weighted by atomic mass is 10.2. The van der Waals surface area contributed by atoms with Gasteiger partial charge in [-0.25, -0.2) is 18.2 Å². The van der Waals surface area contributed by atoms with Crippen molar-refractivity contribution >= 4 is 33.0 Å². The van der Waals surface area contributed by atoms with Crippen molar-refractivity contribution < 1.29 is 32.2 Å². The lowest BCUT2D eigenvalue weighted by Crippen LogP contribution is -2.40. The number of ether oxygens (including phenoxy) is 3. The normalized spacial score (nSPS) is 14.8. The Morgan fingerprint density at radius 3 is 2.47 bits per heavy atom. The van der Waals surface area contributed by atoms with Crippen molar-refractivity contribution in [3.05, 3.63) is 53.9 Å². The topological polar surface area (TPSA) is 117 Å². The van der Waals surface area contributed by atoms with E-state index in [0.29, 0.717) is 55.4 Å². The zero-order valence-corrected chi connectivity index (χ0v) is 19.7. The number of benzene rings is 2. The quantitative estimate of drug-likeness (QED) is 0.367. The number of nitrogens with zero attached hydrogens (tertiary/aromatic N) is 3. The molecule has 0 atom stereocenters. The fourth-order valence-corrected chi connectivity index (χ4v) is 5.15. The Kier molecular flexibility index (Phi) is 6.96. The number of hydrogen-bond acceptors (Lipinski definition) is 8. The van der Waals surface area contributed by atoms with Gasteiger partial charge < -0.3 is 18.8 Å². The van der Waals surface area contributed by atoms with Crippen molar-refractivity contribution in [1.82, 2.24) is 13.9 Å². The summed E-state index contributed by atoms with van der Waals surface area (Å²) < 4.78 is 44.3. The highest BCUT2D eigenvalue weighted by Gasteiger charge is 2.27. The second-order valence-corrected chi connectivity index (χ2v) is 9.68. The van der Waals surface area contributed by atoms with Gasteiger partial charge in [-0.05, 0) is 42.5 Å². The third kappa shape index (κ3) is 4.96.